The molecule has 3 heteroatoms. The summed E-state index contributed by atoms with van der Waals surface area (Å²) in [5.41, 5.74) is 0.510. The van der Waals surface area contributed by atoms with Gasteiger partial charge < -0.3 is 10.2 Å². The summed E-state index contributed by atoms with van der Waals surface area (Å²) < 4.78 is 0. The molecule has 1 saturated heterocycles. The minimum Gasteiger partial charge on any atom is -0.315 e. The molecule has 112 valence electrons. The second kappa shape index (κ2) is 6.11. The van der Waals surface area contributed by atoms with Crippen LogP contribution in [0.4, 0.5) is 0 Å². The molecule has 3 unspecified atom stereocenters. The molecule has 1 heterocycles. The first-order valence-corrected chi connectivity index (χ1v) is 8.04. The Bertz CT molecular complexity index is 290. The van der Waals surface area contributed by atoms with Crippen molar-refractivity contribution in [1.29, 1.82) is 0 Å². The smallest absolute Gasteiger partial charge is 0.0257 e. The quantitative estimate of drug-likeness (QED) is 0.827. The van der Waals surface area contributed by atoms with Crippen LogP contribution >= 0.6 is 0 Å². The van der Waals surface area contributed by atoms with E-state index in [1.54, 1.807) is 0 Å². The number of hydrogen-bond donors (Lipinski definition) is 1. The van der Waals surface area contributed by atoms with Crippen molar-refractivity contribution in [1.82, 2.24) is 15.1 Å². The molecule has 2 rings (SSSR count). The Morgan fingerprint density at radius 1 is 1.21 bits per heavy atom. The minimum atomic E-state index is 0.510. The van der Waals surface area contributed by atoms with Crippen molar-refractivity contribution in [3.63, 3.8) is 0 Å². The summed E-state index contributed by atoms with van der Waals surface area (Å²) in [6.07, 6.45) is 5.34. The summed E-state index contributed by atoms with van der Waals surface area (Å²) in [5.74, 6) is 0. The van der Waals surface area contributed by atoms with Crippen LogP contribution in [0.5, 0.6) is 0 Å². The van der Waals surface area contributed by atoms with Crippen molar-refractivity contribution in [2.24, 2.45) is 5.41 Å². The van der Waals surface area contributed by atoms with Gasteiger partial charge in [-0.25, -0.2) is 0 Å². The first-order valence-electron chi connectivity index (χ1n) is 8.04. The number of likely N-dealkylation sites (N-methyl/N-ethyl adjacent to an activating group) is 2. The molecule has 19 heavy (non-hydrogen) atoms. The van der Waals surface area contributed by atoms with Crippen LogP contribution < -0.4 is 5.32 Å². The lowest BCUT2D eigenvalue weighted by Crippen LogP contribution is -2.57. The Hall–Kier alpha value is -0.120. The van der Waals surface area contributed by atoms with Gasteiger partial charge in [0.2, 0.25) is 0 Å². The lowest BCUT2D eigenvalue weighted by atomic mass is 9.72. The predicted molar refractivity (Wildman–Crippen MR) is 82.5 cm³/mol. The van der Waals surface area contributed by atoms with Crippen LogP contribution in [0.3, 0.4) is 0 Å². The van der Waals surface area contributed by atoms with Gasteiger partial charge in [-0.05, 0) is 58.7 Å². The number of nitrogens with one attached hydrogen (secondary N) is 1. The highest BCUT2D eigenvalue weighted by Crippen LogP contribution is 2.38. The molecule has 0 aromatic carbocycles. The molecule has 0 spiro atoms. The maximum atomic E-state index is 3.59. The Balaban J connectivity index is 2.11. The number of rotatable bonds is 2. The highest BCUT2D eigenvalue weighted by atomic mass is 15.3. The van der Waals surface area contributed by atoms with Gasteiger partial charge in [0, 0.05) is 31.2 Å². The summed E-state index contributed by atoms with van der Waals surface area (Å²) >= 11 is 0. The fraction of sp³-hybridized carbons (Fsp3) is 1.00. The van der Waals surface area contributed by atoms with E-state index in [2.05, 4.69) is 50.0 Å². The highest BCUT2D eigenvalue weighted by molar-refractivity contribution is 4.96. The lowest BCUT2D eigenvalue weighted by Gasteiger charge is -2.47. The molecule has 1 saturated carbocycles. The minimum absolute atomic E-state index is 0.510. The Morgan fingerprint density at radius 2 is 1.95 bits per heavy atom. The Morgan fingerprint density at radius 3 is 2.63 bits per heavy atom. The van der Waals surface area contributed by atoms with E-state index in [0.717, 1.165) is 6.04 Å². The standard InChI is InChI=1S/C16H33N3/c1-13-12-18(5)9-6-10-19(13)15-11-16(2,3)8-7-14(15)17-4/h13-15,17H,6-12H2,1-5H3. The van der Waals surface area contributed by atoms with Crippen molar-refractivity contribution in [2.45, 2.75) is 64.6 Å². The van der Waals surface area contributed by atoms with Crippen LogP contribution in [0.25, 0.3) is 0 Å². The SMILES string of the molecule is CNC1CCC(C)(C)CC1N1CCCN(C)CC1C. The molecular weight excluding hydrogens is 234 g/mol. The summed E-state index contributed by atoms with van der Waals surface area (Å²) in [5, 5.41) is 3.59. The molecule has 1 aliphatic heterocycles. The first-order chi connectivity index (χ1) is 8.93. The van der Waals surface area contributed by atoms with Crippen molar-refractivity contribution in [3.8, 4) is 0 Å². The van der Waals surface area contributed by atoms with Gasteiger partial charge in [-0.15, -0.1) is 0 Å². The third-order valence-corrected chi connectivity index (χ3v) is 5.25. The van der Waals surface area contributed by atoms with Gasteiger partial charge in [-0.1, -0.05) is 13.8 Å². The molecule has 0 amide bonds. The summed E-state index contributed by atoms with van der Waals surface area (Å²) in [4.78, 5) is 5.29. The topological polar surface area (TPSA) is 18.5 Å². The van der Waals surface area contributed by atoms with E-state index in [-0.39, 0.29) is 0 Å². The van der Waals surface area contributed by atoms with Crippen LogP contribution in [0.15, 0.2) is 0 Å². The average molecular weight is 267 g/mol. The molecule has 0 aromatic heterocycles. The summed E-state index contributed by atoms with van der Waals surface area (Å²) in [6, 6.07) is 2.08. The molecule has 3 atom stereocenters. The van der Waals surface area contributed by atoms with Crippen molar-refractivity contribution >= 4 is 0 Å². The largest absolute Gasteiger partial charge is 0.315 e. The summed E-state index contributed by atoms with van der Waals surface area (Å²) in [6.45, 7) is 11.0. The van der Waals surface area contributed by atoms with Gasteiger partial charge in [-0.3, -0.25) is 4.90 Å². The van der Waals surface area contributed by atoms with E-state index in [0.29, 0.717) is 17.5 Å². The van der Waals surface area contributed by atoms with E-state index in [1.807, 2.05) is 0 Å². The third kappa shape index (κ3) is 3.71. The fourth-order valence-corrected chi connectivity index (χ4v) is 4.12. The zero-order valence-corrected chi connectivity index (χ0v) is 13.6. The van der Waals surface area contributed by atoms with E-state index in [4.69, 9.17) is 0 Å². The zero-order valence-electron chi connectivity index (χ0n) is 13.6. The zero-order chi connectivity index (χ0) is 14.0. The Labute approximate surface area is 119 Å². The van der Waals surface area contributed by atoms with Crippen LogP contribution in [0.2, 0.25) is 0 Å². The molecule has 0 bridgehead atoms. The van der Waals surface area contributed by atoms with Crippen LogP contribution in [-0.2, 0) is 0 Å². The molecule has 2 aliphatic rings. The van der Waals surface area contributed by atoms with E-state index < -0.39 is 0 Å². The highest BCUT2D eigenvalue weighted by Gasteiger charge is 2.39. The molecular formula is C16H33N3. The van der Waals surface area contributed by atoms with Gasteiger partial charge in [-0.2, -0.15) is 0 Å². The van der Waals surface area contributed by atoms with Gasteiger partial charge in [0.05, 0.1) is 0 Å². The van der Waals surface area contributed by atoms with Gasteiger partial charge in [0.15, 0.2) is 0 Å². The van der Waals surface area contributed by atoms with E-state index >= 15 is 0 Å². The maximum absolute atomic E-state index is 3.59. The van der Waals surface area contributed by atoms with Crippen molar-refractivity contribution in [3.05, 3.63) is 0 Å². The fourth-order valence-electron chi connectivity index (χ4n) is 4.12. The third-order valence-electron chi connectivity index (χ3n) is 5.25. The van der Waals surface area contributed by atoms with Gasteiger partial charge in [0.25, 0.3) is 0 Å². The molecule has 0 radical (unpaired) electrons. The first kappa shape index (κ1) is 15.3. The van der Waals surface area contributed by atoms with Crippen molar-refractivity contribution < 1.29 is 0 Å². The number of nitrogens with zero attached hydrogens (tertiary/aromatic N) is 2. The van der Waals surface area contributed by atoms with Gasteiger partial charge in [0.1, 0.15) is 0 Å². The lowest BCUT2D eigenvalue weighted by molar-refractivity contribution is 0.0442. The molecule has 3 nitrogen and oxygen atoms in total. The predicted octanol–water partition coefficient (Wildman–Crippen LogP) is 2.18. The van der Waals surface area contributed by atoms with Crippen LogP contribution in [0, 0.1) is 5.41 Å². The van der Waals surface area contributed by atoms with Crippen molar-refractivity contribution in [2.75, 3.05) is 33.7 Å². The summed E-state index contributed by atoms with van der Waals surface area (Å²) in [7, 11) is 4.41. The normalized spacial score (nSPS) is 38.1. The average Bonchev–Trinajstić information content (AvgIpc) is 2.49. The van der Waals surface area contributed by atoms with Gasteiger partial charge >= 0.3 is 0 Å². The molecule has 0 aromatic rings. The monoisotopic (exact) mass is 267 g/mol. The van der Waals surface area contributed by atoms with E-state index in [9.17, 15) is 0 Å². The van der Waals surface area contributed by atoms with E-state index in [1.165, 1.54) is 45.3 Å². The molecule has 1 aliphatic carbocycles. The molecule has 1 N–H and O–H groups in total. The molecule has 2 fully saturated rings. The maximum Gasteiger partial charge on any atom is 0.0257 e. The van der Waals surface area contributed by atoms with Crippen LogP contribution in [-0.4, -0.2) is 61.7 Å². The second-order valence-corrected chi connectivity index (χ2v) is 7.57. The number of hydrogen-bond acceptors (Lipinski definition) is 3. The Kier molecular flexibility index (Phi) is 4.91. The second-order valence-electron chi connectivity index (χ2n) is 7.57. The van der Waals surface area contributed by atoms with Crippen LogP contribution in [0.1, 0.15) is 46.5 Å².